The molecule has 1 aliphatic carbocycles. The second-order valence-corrected chi connectivity index (χ2v) is 3.47. The van der Waals surface area contributed by atoms with E-state index in [9.17, 15) is 0 Å². The van der Waals surface area contributed by atoms with E-state index < -0.39 is 0 Å². The van der Waals surface area contributed by atoms with Crippen molar-refractivity contribution >= 4 is 0 Å². The maximum atomic E-state index is 5.88. The van der Waals surface area contributed by atoms with Gasteiger partial charge >= 0.3 is 0 Å². The second-order valence-electron chi connectivity index (χ2n) is 3.47. The Morgan fingerprint density at radius 1 is 1.19 bits per heavy atom. The molecule has 5 nitrogen and oxygen atoms in total. The second kappa shape index (κ2) is 3.84. The molecule has 0 saturated heterocycles. The van der Waals surface area contributed by atoms with Crippen LogP contribution in [0.25, 0.3) is 0 Å². The average molecular weight is 222 g/mol. The van der Waals surface area contributed by atoms with E-state index in [2.05, 4.69) is 0 Å². The van der Waals surface area contributed by atoms with Crippen molar-refractivity contribution in [3.05, 3.63) is 46.6 Å². The Balaban J connectivity index is 2.51. The fourth-order valence-electron chi connectivity index (χ4n) is 1.68. The summed E-state index contributed by atoms with van der Waals surface area (Å²) in [5.74, 6) is 2.17. The molecule has 1 aliphatic heterocycles. The molecule has 0 aromatic rings. The van der Waals surface area contributed by atoms with Gasteiger partial charge in [-0.3, -0.25) is 0 Å². The van der Waals surface area contributed by atoms with Gasteiger partial charge in [-0.2, -0.15) is 0 Å². The molecule has 0 spiro atoms. The normalized spacial score (nSPS) is 19.6. The summed E-state index contributed by atoms with van der Waals surface area (Å²) < 4.78 is 15.8. The summed E-state index contributed by atoms with van der Waals surface area (Å²) in [5.41, 5.74) is 12.9. The van der Waals surface area contributed by atoms with Gasteiger partial charge in [0.2, 0.25) is 0 Å². The van der Waals surface area contributed by atoms with Crippen molar-refractivity contribution in [2.45, 2.75) is 6.42 Å². The number of methoxy groups -OCH3 is 2. The zero-order chi connectivity index (χ0) is 11.7. The number of fused-ring (bicyclic) bond motifs is 1. The van der Waals surface area contributed by atoms with E-state index in [1.54, 1.807) is 26.4 Å². The molecule has 1 heterocycles. The number of hydrogen-bond donors (Lipinski definition) is 2. The number of nitrogens with two attached hydrogens (primary N) is 2. The lowest BCUT2D eigenvalue weighted by Crippen LogP contribution is -2.19. The standard InChI is InChI=1S/C11H14N2O3/c1-14-6-3-7-8(12)5-10(13)16-11(7)9(4-6)15-2/h4-5H,3,12-13H2,1-2H3. The molecule has 0 amide bonds. The molecule has 0 unspecified atom stereocenters. The zero-order valence-corrected chi connectivity index (χ0v) is 9.24. The minimum Gasteiger partial charge on any atom is -0.501 e. The van der Waals surface area contributed by atoms with Crippen molar-refractivity contribution in [2.24, 2.45) is 11.5 Å². The SMILES string of the molecule is COC1=CC(OC)=C2OC(N)=CC(N)=C2C1. The highest BCUT2D eigenvalue weighted by molar-refractivity contribution is 5.48. The van der Waals surface area contributed by atoms with Crippen molar-refractivity contribution in [3.63, 3.8) is 0 Å². The van der Waals surface area contributed by atoms with Crippen LogP contribution in [-0.2, 0) is 14.2 Å². The molecule has 0 aromatic heterocycles. The topological polar surface area (TPSA) is 79.7 Å². The first-order valence-corrected chi connectivity index (χ1v) is 4.82. The Hall–Kier alpha value is -2.04. The maximum absolute atomic E-state index is 5.88. The largest absolute Gasteiger partial charge is 0.501 e. The molecule has 5 heteroatoms. The van der Waals surface area contributed by atoms with Gasteiger partial charge in [0.05, 0.1) is 14.2 Å². The number of ether oxygens (including phenoxy) is 3. The maximum Gasteiger partial charge on any atom is 0.193 e. The van der Waals surface area contributed by atoms with Gasteiger partial charge in [0.1, 0.15) is 5.76 Å². The molecule has 2 rings (SSSR count). The number of rotatable bonds is 2. The minimum absolute atomic E-state index is 0.264. The van der Waals surface area contributed by atoms with Crippen LogP contribution in [0.2, 0.25) is 0 Å². The van der Waals surface area contributed by atoms with E-state index in [-0.39, 0.29) is 5.88 Å². The van der Waals surface area contributed by atoms with Crippen LogP contribution < -0.4 is 11.5 Å². The molecule has 0 aromatic carbocycles. The number of allylic oxidation sites excluding steroid dienone is 4. The summed E-state index contributed by atoms with van der Waals surface area (Å²) in [5, 5.41) is 0. The van der Waals surface area contributed by atoms with E-state index in [4.69, 9.17) is 25.7 Å². The molecule has 86 valence electrons. The third-order valence-electron chi connectivity index (χ3n) is 2.49. The molecule has 4 N–H and O–H groups in total. The van der Waals surface area contributed by atoms with Crippen molar-refractivity contribution in [2.75, 3.05) is 14.2 Å². The summed E-state index contributed by atoms with van der Waals surface area (Å²) in [4.78, 5) is 0. The van der Waals surface area contributed by atoms with Crippen molar-refractivity contribution < 1.29 is 14.2 Å². The van der Waals surface area contributed by atoms with Crippen LogP contribution in [0.15, 0.2) is 46.6 Å². The van der Waals surface area contributed by atoms with E-state index in [0.29, 0.717) is 23.6 Å². The fraction of sp³-hybridized carbons (Fsp3) is 0.273. The van der Waals surface area contributed by atoms with E-state index in [0.717, 1.165) is 11.3 Å². The van der Waals surface area contributed by atoms with Gasteiger partial charge in [0.25, 0.3) is 0 Å². The van der Waals surface area contributed by atoms with Gasteiger partial charge in [-0.05, 0) is 0 Å². The fourth-order valence-corrected chi connectivity index (χ4v) is 1.68. The molecule has 0 bridgehead atoms. The Kier molecular flexibility index (Phi) is 2.52. The zero-order valence-electron chi connectivity index (χ0n) is 9.24. The van der Waals surface area contributed by atoms with Gasteiger partial charge < -0.3 is 25.7 Å². The van der Waals surface area contributed by atoms with Crippen molar-refractivity contribution in [3.8, 4) is 0 Å². The van der Waals surface area contributed by atoms with E-state index in [1.165, 1.54) is 0 Å². The molecule has 16 heavy (non-hydrogen) atoms. The predicted molar refractivity (Wildman–Crippen MR) is 58.3 cm³/mol. The van der Waals surface area contributed by atoms with Crippen LogP contribution in [0.1, 0.15) is 6.42 Å². The van der Waals surface area contributed by atoms with Gasteiger partial charge in [0.15, 0.2) is 17.4 Å². The highest BCUT2D eigenvalue weighted by Crippen LogP contribution is 2.35. The molecular formula is C11H14N2O3. The lowest BCUT2D eigenvalue weighted by Gasteiger charge is -2.25. The summed E-state index contributed by atoms with van der Waals surface area (Å²) in [7, 11) is 3.16. The Labute approximate surface area is 93.6 Å². The van der Waals surface area contributed by atoms with Gasteiger partial charge in [-0.25, -0.2) is 0 Å². The first-order chi connectivity index (χ1) is 7.65. The summed E-state index contributed by atoms with van der Waals surface area (Å²) in [6, 6.07) is 0. The van der Waals surface area contributed by atoms with Crippen LogP contribution in [0.3, 0.4) is 0 Å². The number of hydrogen-bond acceptors (Lipinski definition) is 5. The Morgan fingerprint density at radius 2 is 1.94 bits per heavy atom. The average Bonchev–Trinajstić information content (AvgIpc) is 2.28. The summed E-state index contributed by atoms with van der Waals surface area (Å²) >= 11 is 0. The van der Waals surface area contributed by atoms with E-state index >= 15 is 0 Å². The first kappa shape index (κ1) is 10.5. The summed E-state index contributed by atoms with van der Waals surface area (Å²) in [6.07, 6.45) is 3.93. The first-order valence-electron chi connectivity index (χ1n) is 4.82. The molecular weight excluding hydrogens is 208 g/mol. The van der Waals surface area contributed by atoms with Gasteiger partial charge in [-0.15, -0.1) is 0 Å². The monoisotopic (exact) mass is 222 g/mol. The van der Waals surface area contributed by atoms with Crippen LogP contribution in [-0.4, -0.2) is 14.2 Å². The Bertz CT molecular complexity index is 444. The van der Waals surface area contributed by atoms with Crippen molar-refractivity contribution in [1.29, 1.82) is 0 Å². The smallest absolute Gasteiger partial charge is 0.193 e. The quantitative estimate of drug-likeness (QED) is 0.723. The lowest BCUT2D eigenvalue weighted by molar-refractivity contribution is 0.219. The minimum atomic E-state index is 0.264. The predicted octanol–water partition coefficient (Wildman–Crippen LogP) is 0.822. The van der Waals surface area contributed by atoms with E-state index in [1.807, 2.05) is 0 Å². The summed E-state index contributed by atoms with van der Waals surface area (Å²) in [6.45, 7) is 0. The van der Waals surface area contributed by atoms with Crippen LogP contribution in [0.4, 0.5) is 0 Å². The third-order valence-corrected chi connectivity index (χ3v) is 2.49. The molecule has 0 saturated carbocycles. The molecule has 0 radical (unpaired) electrons. The highest BCUT2D eigenvalue weighted by atomic mass is 16.5. The molecule has 2 aliphatic rings. The van der Waals surface area contributed by atoms with Crippen LogP contribution in [0, 0.1) is 0 Å². The Morgan fingerprint density at radius 3 is 2.56 bits per heavy atom. The lowest BCUT2D eigenvalue weighted by atomic mass is 9.99. The van der Waals surface area contributed by atoms with Gasteiger partial charge in [-0.1, -0.05) is 0 Å². The third kappa shape index (κ3) is 1.60. The highest BCUT2D eigenvalue weighted by Gasteiger charge is 2.26. The molecule has 0 fully saturated rings. The van der Waals surface area contributed by atoms with Crippen molar-refractivity contribution in [1.82, 2.24) is 0 Å². The van der Waals surface area contributed by atoms with Crippen LogP contribution in [0.5, 0.6) is 0 Å². The van der Waals surface area contributed by atoms with Gasteiger partial charge in [0, 0.05) is 29.8 Å². The van der Waals surface area contributed by atoms with Crippen LogP contribution >= 0.6 is 0 Å². The molecule has 0 atom stereocenters.